The van der Waals surface area contributed by atoms with Crippen LogP contribution in [-0.4, -0.2) is 26.0 Å². The largest absolute Gasteiger partial charge is 0.371 e. The van der Waals surface area contributed by atoms with E-state index in [9.17, 15) is 4.79 Å². The zero-order valence-electron chi connectivity index (χ0n) is 11.2. The standard InChI is InChI=1S/C14H20BrN3O/c1-17-14(19)11-4-6-18(7-5-11)13-3-2-10(9-16)8-12(13)15/h2-3,8,11H,4-7,9,16H2,1H3,(H,17,19). The molecule has 0 unspecified atom stereocenters. The van der Waals surface area contributed by atoms with Gasteiger partial charge < -0.3 is 16.0 Å². The maximum Gasteiger partial charge on any atom is 0.222 e. The number of halogens is 1. The maximum atomic E-state index is 11.6. The molecule has 1 aliphatic heterocycles. The van der Waals surface area contributed by atoms with Gasteiger partial charge in [0.15, 0.2) is 0 Å². The average molecular weight is 326 g/mol. The molecule has 0 atom stereocenters. The number of anilines is 1. The molecule has 0 aliphatic carbocycles. The van der Waals surface area contributed by atoms with Gasteiger partial charge in [-0.05, 0) is 46.5 Å². The van der Waals surface area contributed by atoms with Crippen molar-refractivity contribution in [1.82, 2.24) is 5.32 Å². The van der Waals surface area contributed by atoms with Crippen molar-refractivity contribution < 1.29 is 4.79 Å². The van der Waals surface area contributed by atoms with E-state index in [1.807, 2.05) is 0 Å². The number of piperidine rings is 1. The molecule has 3 N–H and O–H groups in total. The molecule has 0 spiro atoms. The van der Waals surface area contributed by atoms with E-state index in [4.69, 9.17) is 5.73 Å². The Morgan fingerprint density at radius 3 is 2.68 bits per heavy atom. The third kappa shape index (κ3) is 3.28. The molecule has 5 heteroatoms. The van der Waals surface area contributed by atoms with Gasteiger partial charge in [0, 0.05) is 37.1 Å². The number of hydrogen-bond acceptors (Lipinski definition) is 3. The summed E-state index contributed by atoms with van der Waals surface area (Å²) in [4.78, 5) is 13.9. The molecule has 19 heavy (non-hydrogen) atoms. The molecule has 1 aromatic rings. The van der Waals surface area contributed by atoms with Crippen LogP contribution in [0.2, 0.25) is 0 Å². The average Bonchev–Trinajstić information content (AvgIpc) is 2.46. The Morgan fingerprint density at radius 1 is 1.47 bits per heavy atom. The van der Waals surface area contributed by atoms with Crippen molar-refractivity contribution in [2.24, 2.45) is 11.7 Å². The molecule has 1 saturated heterocycles. The van der Waals surface area contributed by atoms with Gasteiger partial charge in [-0.2, -0.15) is 0 Å². The van der Waals surface area contributed by atoms with Crippen LogP contribution in [0.5, 0.6) is 0 Å². The monoisotopic (exact) mass is 325 g/mol. The first kappa shape index (κ1) is 14.3. The zero-order valence-corrected chi connectivity index (χ0v) is 12.7. The highest BCUT2D eigenvalue weighted by Gasteiger charge is 2.25. The van der Waals surface area contributed by atoms with Crippen LogP contribution in [0.4, 0.5) is 5.69 Å². The summed E-state index contributed by atoms with van der Waals surface area (Å²) in [5.41, 5.74) is 7.94. The quantitative estimate of drug-likeness (QED) is 0.892. The van der Waals surface area contributed by atoms with Crippen molar-refractivity contribution in [3.8, 4) is 0 Å². The third-order valence-corrected chi connectivity index (χ3v) is 4.34. The highest BCUT2D eigenvalue weighted by atomic mass is 79.9. The van der Waals surface area contributed by atoms with Crippen LogP contribution >= 0.6 is 15.9 Å². The van der Waals surface area contributed by atoms with Gasteiger partial charge >= 0.3 is 0 Å². The van der Waals surface area contributed by atoms with Gasteiger partial charge in [0.1, 0.15) is 0 Å². The molecule has 1 aromatic carbocycles. The molecule has 1 fully saturated rings. The highest BCUT2D eigenvalue weighted by Crippen LogP contribution is 2.30. The van der Waals surface area contributed by atoms with Crippen LogP contribution in [0.25, 0.3) is 0 Å². The number of nitrogens with zero attached hydrogens (tertiary/aromatic N) is 1. The predicted molar refractivity (Wildman–Crippen MR) is 81.0 cm³/mol. The van der Waals surface area contributed by atoms with E-state index in [-0.39, 0.29) is 11.8 Å². The highest BCUT2D eigenvalue weighted by molar-refractivity contribution is 9.10. The van der Waals surface area contributed by atoms with Crippen LogP contribution in [0.1, 0.15) is 18.4 Å². The minimum Gasteiger partial charge on any atom is -0.371 e. The van der Waals surface area contributed by atoms with Crippen LogP contribution in [0.15, 0.2) is 22.7 Å². The van der Waals surface area contributed by atoms with Crippen LogP contribution in [-0.2, 0) is 11.3 Å². The molecule has 0 saturated carbocycles. The molecule has 1 amide bonds. The molecule has 104 valence electrons. The van der Waals surface area contributed by atoms with Crippen LogP contribution in [0, 0.1) is 5.92 Å². The molecule has 2 rings (SSSR count). The second kappa shape index (κ2) is 6.39. The van der Waals surface area contributed by atoms with Gasteiger partial charge in [0.2, 0.25) is 5.91 Å². The number of benzene rings is 1. The van der Waals surface area contributed by atoms with E-state index in [1.54, 1.807) is 7.05 Å². The van der Waals surface area contributed by atoms with Crippen molar-refractivity contribution in [2.75, 3.05) is 25.0 Å². The Hall–Kier alpha value is -1.07. The van der Waals surface area contributed by atoms with E-state index in [0.29, 0.717) is 6.54 Å². The maximum absolute atomic E-state index is 11.6. The first-order valence-corrected chi connectivity index (χ1v) is 7.40. The van der Waals surface area contributed by atoms with E-state index in [2.05, 4.69) is 44.3 Å². The second-order valence-corrected chi connectivity index (χ2v) is 5.72. The van der Waals surface area contributed by atoms with E-state index < -0.39 is 0 Å². The lowest BCUT2D eigenvalue weighted by molar-refractivity contribution is -0.125. The number of hydrogen-bond donors (Lipinski definition) is 2. The van der Waals surface area contributed by atoms with E-state index >= 15 is 0 Å². The first-order chi connectivity index (χ1) is 9.15. The molecule has 0 radical (unpaired) electrons. The minimum atomic E-state index is 0.156. The van der Waals surface area contributed by atoms with E-state index in [0.717, 1.165) is 36.0 Å². The van der Waals surface area contributed by atoms with Gasteiger partial charge in [-0.3, -0.25) is 4.79 Å². The second-order valence-electron chi connectivity index (χ2n) is 4.87. The van der Waals surface area contributed by atoms with Crippen LogP contribution < -0.4 is 16.0 Å². The van der Waals surface area contributed by atoms with Crippen LogP contribution in [0.3, 0.4) is 0 Å². The molecule has 4 nitrogen and oxygen atoms in total. The number of amides is 1. The normalized spacial score (nSPS) is 16.5. The number of nitrogens with two attached hydrogens (primary N) is 1. The van der Waals surface area contributed by atoms with Gasteiger partial charge in [0.05, 0.1) is 5.69 Å². The Morgan fingerprint density at radius 2 is 2.16 bits per heavy atom. The predicted octanol–water partition coefficient (Wildman–Crippen LogP) is 1.87. The van der Waals surface area contributed by atoms with Gasteiger partial charge in [-0.25, -0.2) is 0 Å². The number of carbonyl (C=O) groups is 1. The fourth-order valence-corrected chi connectivity index (χ4v) is 3.20. The molecule has 0 aromatic heterocycles. The lowest BCUT2D eigenvalue weighted by atomic mass is 9.95. The number of carbonyl (C=O) groups excluding carboxylic acids is 1. The van der Waals surface area contributed by atoms with E-state index in [1.165, 1.54) is 5.69 Å². The number of nitrogens with one attached hydrogen (secondary N) is 1. The fraction of sp³-hybridized carbons (Fsp3) is 0.500. The summed E-state index contributed by atoms with van der Waals surface area (Å²) in [7, 11) is 1.71. The lowest BCUT2D eigenvalue weighted by Gasteiger charge is -2.33. The molecule has 0 bridgehead atoms. The Kier molecular flexibility index (Phi) is 4.82. The van der Waals surface area contributed by atoms with Crippen molar-refractivity contribution >= 4 is 27.5 Å². The summed E-state index contributed by atoms with van der Waals surface area (Å²) in [5, 5.41) is 2.74. The lowest BCUT2D eigenvalue weighted by Crippen LogP contribution is -2.39. The molecular formula is C14H20BrN3O. The SMILES string of the molecule is CNC(=O)C1CCN(c2ccc(CN)cc2Br)CC1. The zero-order chi connectivity index (χ0) is 13.8. The Labute approximate surface area is 122 Å². The Balaban J connectivity index is 2.03. The number of rotatable bonds is 3. The van der Waals surface area contributed by atoms with Crippen molar-refractivity contribution in [2.45, 2.75) is 19.4 Å². The summed E-state index contributed by atoms with van der Waals surface area (Å²) in [6, 6.07) is 6.23. The van der Waals surface area contributed by atoms with Crippen molar-refractivity contribution in [1.29, 1.82) is 0 Å². The summed E-state index contributed by atoms with van der Waals surface area (Å²) >= 11 is 3.60. The summed E-state index contributed by atoms with van der Waals surface area (Å²) in [6.45, 7) is 2.38. The first-order valence-electron chi connectivity index (χ1n) is 6.60. The minimum absolute atomic E-state index is 0.156. The summed E-state index contributed by atoms with van der Waals surface area (Å²) in [5.74, 6) is 0.320. The third-order valence-electron chi connectivity index (χ3n) is 3.70. The smallest absolute Gasteiger partial charge is 0.222 e. The molecular weight excluding hydrogens is 306 g/mol. The van der Waals surface area contributed by atoms with Crippen molar-refractivity contribution in [3.05, 3.63) is 28.2 Å². The molecule has 1 heterocycles. The fourth-order valence-electron chi connectivity index (χ4n) is 2.52. The summed E-state index contributed by atoms with van der Waals surface area (Å²) in [6.07, 6.45) is 1.81. The van der Waals surface area contributed by atoms with Gasteiger partial charge in [-0.15, -0.1) is 0 Å². The van der Waals surface area contributed by atoms with Gasteiger partial charge in [-0.1, -0.05) is 6.07 Å². The topological polar surface area (TPSA) is 58.4 Å². The Bertz CT molecular complexity index is 456. The molecule has 1 aliphatic rings. The summed E-state index contributed by atoms with van der Waals surface area (Å²) < 4.78 is 1.08. The van der Waals surface area contributed by atoms with Gasteiger partial charge in [0.25, 0.3) is 0 Å². The van der Waals surface area contributed by atoms with Crippen molar-refractivity contribution in [3.63, 3.8) is 0 Å².